The van der Waals surface area contributed by atoms with Gasteiger partial charge in [0.15, 0.2) is 0 Å². The summed E-state index contributed by atoms with van der Waals surface area (Å²) < 4.78 is 20.1. The molecule has 1 N–H and O–H groups in total. The van der Waals surface area contributed by atoms with Crippen LogP contribution >= 0.6 is 11.3 Å². The molecule has 0 spiro atoms. The first-order chi connectivity index (χ1) is 15.0. The maximum absolute atomic E-state index is 14.7. The average Bonchev–Trinajstić information content (AvgIpc) is 3.29. The molecule has 2 heterocycles. The van der Waals surface area contributed by atoms with Crippen LogP contribution in [0.1, 0.15) is 22.8 Å². The van der Waals surface area contributed by atoms with Gasteiger partial charge < -0.3 is 10.1 Å². The third-order valence-corrected chi connectivity index (χ3v) is 6.15. The zero-order valence-electron chi connectivity index (χ0n) is 17.7. The molecule has 4 rings (SSSR count). The van der Waals surface area contributed by atoms with Gasteiger partial charge in [0.05, 0.1) is 13.2 Å². The number of rotatable bonds is 6. The van der Waals surface area contributed by atoms with Gasteiger partial charge in [0.1, 0.15) is 10.8 Å². The van der Waals surface area contributed by atoms with Crippen LogP contribution in [0.25, 0.3) is 21.7 Å². The third-order valence-electron chi connectivity index (χ3n) is 5.32. The van der Waals surface area contributed by atoms with E-state index in [-0.39, 0.29) is 17.8 Å². The molecular weight excluding hydrogens is 413 g/mol. The van der Waals surface area contributed by atoms with Gasteiger partial charge in [-0.2, -0.15) is 0 Å². The van der Waals surface area contributed by atoms with Gasteiger partial charge in [-0.15, -0.1) is 11.3 Å². The van der Waals surface area contributed by atoms with Crippen LogP contribution < -0.4 is 5.32 Å². The molecule has 1 unspecified atom stereocenters. The van der Waals surface area contributed by atoms with E-state index in [0.29, 0.717) is 16.7 Å². The Bertz CT molecular complexity index is 1050. The Morgan fingerprint density at radius 1 is 1.23 bits per heavy atom. The summed E-state index contributed by atoms with van der Waals surface area (Å²) in [6.07, 6.45) is 1.73. The van der Waals surface area contributed by atoms with E-state index < -0.39 is 0 Å². The lowest BCUT2D eigenvalue weighted by Gasteiger charge is -2.29. The fourth-order valence-electron chi connectivity index (χ4n) is 3.78. The third kappa shape index (κ3) is 5.36. The molecule has 2 aromatic carbocycles. The first kappa shape index (κ1) is 21.6. The van der Waals surface area contributed by atoms with E-state index in [1.165, 1.54) is 17.4 Å². The van der Waals surface area contributed by atoms with E-state index in [2.05, 4.69) is 15.2 Å². The van der Waals surface area contributed by atoms with Crippen molar-refractivity contribution in [1.29, 1.82) is 0 Å². The van der Waals surface area contributed by atoms with Crippen molar-refractivity contribution in [3.8, 4) is 21.7 Å². The van der Waals surface area contributed by atoms with Crippen LogP contribution in [0.15, 0.2) is 48.0 Å². The maximum Gasteiger partial charge on any atom is 0.251 e. The van der Waals surface area contributed by atoms with Gasteiger partial charge >= 0.3 is 0 Å². The van der Waals surface area contributed by atoms with E-state index in [1.54, 1.807) is 18.3 Å². The van der Waals surface area contributed by atoms with Crippen molar-refractivity contribution >= 4 is 17.2 Å². The number of aryl methyl sites for hydroxylation is 1. The van der Waals surface area contributed by atoms with Gasteiger partial charge in [0, 0.05) is 53.9 Å². The molecule has 7 heteroatoms. The number of morpholine rings is 1. The number of hydrogen-bond donors (Lipinski definition) is 1. The number of ether oxygens (including phenoxy) is 1. The van der Waals surface area contributed by atoms with Crippen molar-refractivity contribution in [2.24, 2.45) is 0 Å². The molecule has 0 saturated carbocycles. The van der Waals surface area contributed by atoms with Gasteiger partial charge in [0.2, 0.25) is 0 Å². The predicted octanol–water partition coefficient (Wildman–Crippen LogP) is 4.38. The average molecular weight is 440 g/mol. The minimum absolute atomic E-state index is 0.0197. The minimum Gasteiger partial charge on any atom is -0.379 e. The zero-order valence-corrected chi connectivity index (χ0v) is 18.5. The molecule has 1 fully saturated rings. The number of aromatic nitrogens is 1. The van der Waals surface area contributed by atoms with E-state index in [0.717, 1.165) is 49.0 Å². The molecule has 1 saturated heterocycles. The Morgan fingerprint density at radius 3 is 2.71 bits per heavy atom. The molecule has 0 aliphatic carbocycles. The SMILES string of the molecule is Cc1ccc(-c2cc(C(=O)NC(C)CN3CCOCC3)cc(-c3nccs3)c2)c(F)c1. The second kappa shape index (κ2) is 9.68. The largest absolute Gasteiger partial charge is 0.379 e. The molecule has 3 aromatic rings. The number of carbonyl (C=O) groups excluding carboxylic acids is 1. The van der Waals surface area contributed by atoms with E-state index in [1.807, 2.05) is 37.4 Å². The Labute approximate surface area is 185 Å². The fourth-order valence-corrected chi connectivity index (χ4v) is 4.41. The zero-order chi connectivity index (χ0) is 21.8. The van der Waals surface area contributed by atoms with Gasteiger partial charge in [-0.25, -0.2) is 9.37 Å². The molecule has 1 aliphatic rings. The number of halogens is 1. The summed E-state index contributed by atoms with van der Waals surface area (Å²) in [5, 5.41) is 5.77. The van der Waals surface area contributed by atoms with Gasteiger partial charge in [0.25, 0.3) is 5.91 Å². The standard InChI is InChI=1S/C24H26FN3O2S/c1-16-3-4-21(22(25)11-16)18-12-19(14-20(13-18)24-26-5-10-31-24)23(29)27-17(2)15-28-6-8-30-9-7-28/h3-5,10-14,17H,6-9,15H2,1-2H3,(H,27,29). The summed E-state index contributed by atoms with van der Waals surface area (Å²) in [7, 11) is 0. The molecule has 162 valence electrons. The second-order valence-corrected chi connectivity index (χ2v) is 8.80. The van der Waals surface area contributed by atoms with Crippen LogP contribution in [-0.4, -0.2) is 54.7 Å². The van der Waals surface area contributed by atoms with Crippen molar-refractivity contribution in [1.82, 2.24) is 15.2 Å². The summed E-state index contributed by atoms with van der Waals surface area (Å²) in [6.45, 7) is 7.81. The van der Waals surface area contributed by atoms with Gasteiger partial charge in [-0.3, -0.25) is 9.69 Å². The van der Waals surface area contributed by atoms with Crippen LogP contribution in [0, 0.1) is 12.7 Å². The normalized spacial score (nSPS) is 15.6. The van der Waals surface area contributed by atoms with Crippen LogP contribution in [0.4, 0.5) is 4.39 Å². The molecule has 1 amide bonds. The lowest BCUT2D eigenvalue weighted by atomic mass is 9.98. The minimum atomic E-state index is -0.302. The predicted molar refractivity (Wildman–Crippen MR) is 122 cm³/mol. The monoisotopic (exact) mass is 439 g/mol. The number of nitrogens with zero attached hydrogens (tertiary/aromatic N) is 2. The van der Waals surface area contributed by atoms with E-state index in [4.69, 9.17) is 4.74 Å². The molecular formula is C24H26FN3O2S. The van der Waals surface area contributed by atoms with Crippen LogP contribution in [0.5, 0.6) is 0 Å². The topological polar surface area (TPSA) is 54.5 Å². The lowest BCUT2D eigenvalue weighted by molar-refractivity contribution is 0.0342. The summed E-state index contributed by atoms with van der Waals surface area (Å²) in [4.78, 5) is 19.7. The lowest BCUT2D eigenvalue weighted by Crippen LogP contribution is -2.46. The number of carbonyl (C=O) groups is 1. The maximum atomic E-state index is 14.7. The summed E-state index contributed by atoms with van der Waals surface area (Å²) in [5.74, 6) is -0.476. The first-order valence-corrected chi connectivity index (χ1v) is 11.3. The highest BCUT2D eigenvalue weighted by Gasteiger charge is 2.18. The molecule has 1 atom stereocenters. The molecule has 1 aromatic heterocycles. The Kier molecular flexibility index (Phi) is 6.75. The molecule has 5 nitrogen and oxygen atoms in total. The highest BCUT2D eigenvalue weighted by Crippen LogP contribution is 2.31. The molecule has 0 radical (unpaired) electrons. The quantitative estimate of drug-likeness (QED) is 0.620. The molecule has 31 heavy (non-hydrogen) atoms. The van der Waals surface area contributed by atoms with Crippen molar-refractivity contribution in [3.05, 3.63) is 64.9 Å². The summed E-state index contributed by atoms with van der Waals surface area (Å²) in [5.41, 5.74) is 3.29. The summed E-state index contributed by atoms with van der Waals surface area (Å²) in [6, 6.07) is 10.6. The Balaban J connectivity index is 1.61. The first-order valence-electron chi connectivity index (χ1n) is 10.4. The molecule has 0 bridgehead atoms. The Morgan fingerprint density at radius 2 is 2.00 bits per heavy atom. The number of amides is 1. The van der Waals surface area contributed by atoms with Crippen LogP contribution in [0.3, 0.4) is 0 Å². The summed E-state index contributed by atoms with van der Waals surface area (Å²) >= 11 is 1.49. The van der Waals surface area contributed by atoms with E-state index >= 15 is 0 Å². The highest BCUT2D eigenvalue weighted by molar-refractivity contribution is 7.13. The van der Waals surface area contributed by atoms with Crippen molar-refractivity contribution in [2.75, 3.05) is 32.8 Å². The van der Waals surface area contributed by atoms with Gasteiger partial charge in [-0.05, 0) is 49.2 Å². The number of hydrogen-bond acceptors (Lipinski definition) is 5. The fraction of sp³-hybridized carbons (Fsp3) is 0.333. The number of benzene rings is 2. The van der Waals surface area contributed by atoms with Crippen LogP contribution in [-0.2, 0) is 4.74 Å². The van der Waals surface area contributed by atoms with Crippen molar-refractivity contribution in [3.63, 3.8) is 0 Å². The number of nitrogens with one attached hydrogen (secondary N) is 1. The smallest absolute Gasteiger partial charge is 0.251 e. The number of thiazole rings is 1. The van der Waals surface area contributed by atoms with Crippen molar-refractivity contribution < 1.29 is 13.9 Å². The van der Waals surface area contributed by atoms with Gasteiger partial charge in [-0.1, -0.05) is 12.1 Å². The van der Waals surface area contributed by atoms with Crippen LogP contribution in [0.2, 0.25) is 0 Å². The van der Waals surface area contributed by atoms with E-state index in [9.17, 15) is 9.18 Å². The Hall–Kier alpha value is -2.61. The van der Waals surface area contributed by atoms with Crippen molar-refractivity contribution in [2.45, 2.75) is 19.9 Å². The molecule has 1 aliphatic heterocycles. The highest BCUT2D eigenvalue weighted by atomic mass is 32.1. The second-order valence-electron chi connectivity index (χ2n) is 7.91.